The molecule has 2 aromatic heterocycles. The van der Waals surface area contributed by atoms with Crippen LogP contribution in [0.2, 0.25) is 0 Å². The zero-order chi connectivity index (χ0) is 14.1. The lowest BCUT2D eigenvalue weighted by Gasteiger charge is -1.98. The van der Waals surface area contributed by atoms with Crippen molar-refractivity contribution in [2.24, 2.45) is 0 Å². The van der Waals surface area contributed by atoms with Crippen LogP contribution in [0.25, 0.3) is 10.1 Å². The van der Waals surface area contributed by atoms with E-state index >= 15 is 0 Å². The first kappa shape index (κ1) is 12.6. The number of thiophene rings is 1. The van der Waals surface area contributed by atoms with Gasteiger partial charge in [-0.1, -0.05) is 5.16 Å². The molecule has 3 N–H and O–H groups in total. The number of hydrogen-bond donors (Lipinski definition) is 2. The Morgan fingerprint density at radius 1 is 1.45 bits per heavy atom. The molecule has 0 unspecified atom stereocenters. The van der Waals surface area contributed by atoms with Crippen LogP contribution in [0.4, 0.5) is 5.69 Å². The van der Waals surface area contributed by atoms with Crippen molar-refractivity contribution in [2.75, 3.05) is 5.73 Å². The van der Waals surface area contributed by atoms with Gasteiger partial charge >= 0.3 is 0 Å². The average molecular weight is 288 g/mol. The molecule has 0 radical (unpaired) electrons. The van der Waals surface area contributed by atoms with Crippen LogP contribution in [0.1, 0.15) is 21.4 Å². The number of aromatic nitrogens is 2. The summed E-state index contributed by atoms with van der Waals surface area (Å²) >= 11 is 1.42. The summed E-state index contributed by atoms with van der Waals surface area (Å²) in [4.78, 5) is 16.7. The molecule has 1 aromatic carbocycles. The van der Waals surface area contributed by atoms with E-state index in [1.54, 1.807) is 6.92 Å². The minimum absolute atomic E-state index is 0.160. The molecular weight excluding hydrogens is 276 g/mol. The van der Waals surface area contributed by atoms with E-state index < -0.39 is 0 Å². The van der Waals surface area contributed by atoms with Gasteiger partial charge in [-0.05, 0) is 29.7 Å². The van der Waals surface area contributed by atoms with Crippen molar-refractivity contribution in [3.05, 3.63) is 40.9 Å². The van der Waals surface area contributed by atoms with Gasteiger partial charge < -0.3 is 15.6 Å². The largest absolute Gasteiger partial charge is 0.399 e. The summed E-state index contributed by atoms with van der Waals surface area (Å²) in [6, 6.07) is 7.41. The van der Waals surface area contributed by atoms with Gasteiger partial charge in [0.15, 0.2) is 5.82 Å². The van der Waals surface area contributed by atoms with Crippen LogP contribution in [0.5, 0.6) is 0 Å². The molecule has 0 spiro atoms. The normalized spacial score (nSPS) is 10.8. The first-order chi connectivity index (χ1) is 9.61. The second-order valence-electron chi connectivity index (χ2n) is 4.32. The number of aryl methyl sites for hydroxylation is 1. The first-order valence-corrected chi connectivity index (χ1v) is 6.80. The highest BCUT2D eigenvalue weighted by atomic mass is 32.1. The zero-order valence-corrected chi connectivity index (χ0v) is 11.5. The number of fused-ring (bicyclic) bond motifs is 1. The minimum atomic E-state index is -0.160. The fourth-order valence-corrected chi connectivity index (χ4v) is 2.79. The van der Waals surface area contributed by atoms with E-state index in [9.17, 15) is 4.79 Å². The number of nitrogens with two attached hydrogens (primary N) is 1. The van der Waals surface area contributed by atoms with Crippen molar-refractivity contribution in [1.82, 2.24) is 15.5 Å². The lowest BCUT2D eigenvalue weighted by atomic mass is 10.2. The molecule has 2 heterocycles. The molecule has 0 aliphatic rings. The average Bonchev–Trinajstić information content (AvgIpc) is 3.01. The molecular formula is C13H12N4O2S. The van der Waals surface area contributed by atoms with Gasteiger partial charge in [0.2, 0.25) is 5.89 Å². The SMILES string of the molecule is Cc1nc(CNC(=O)c2cc3cc(N)ccc3s2)no1. The van der Waals surface area contributed by atoms with Crippen LogP contribution in [0.3, 0.4) is 0 Å². The highest BCUT2D eigenvalue weighted by Crippen LogP contribution is 2.27. The van der Waals surface area contributed by atoms with Gasteiger partial charge in [-0.15, -0.1) is 11.3 Å². The Kier molecular flexibility index (Phi) is 3.11. The lowest BCUT2D eigenvalue weighted by Crippen LogP contribution is -2.22. The van der Waals surface area contributed by atoms with Gasteiger partial charge in [0.1, 0.15) is 0 Å². The van der Waals surface area contributed by atoms with Crippen molar-refractivity contribution in [2.45, 2.75) is 13.5 Å². The lowest BCUT2D eigenvalue weighted by molar-refractivity contribution is 0.0954. The van der Waals surface area contributed by atoms with Gasteiger partial charge in [0, 0.05) is 17.3 Å². The standard InChI is InChI=1S/C13H12N4O2S/c1-7-16-12(17-19-7)6-15-13(18)11-5-8-4-9(14)2-3-10(8)20-11/h2-5H,6,14H2,1H3,(H,15,18). The number of benzene rings is 1. The van der Waals surface area contributed by atoms with E-state index in [4.69, 9.17) is 10.3 Å². The Bertz CT molecular complexity index is 778. The van der Waals surface area contributed by atoms with Crippen LogP contribution in [0, 0.1) is 6.92 Å². The smallest absolute Gasteiger partial charge is 0.261 e. The van der Waals surface area contributed by atoms with Gasteiger partial charge in [-0.3, -0.25) is 4.79 Å². The Morgan fingerprint density at radius 2 is 2.30 bits per heavy atom. The summed E-state index contributed by atoms with van der Waals surface area (Å²) in [6.07, 6.45) is 0. The first-order valence-electron chi connectivity index (χ1n) is 5.98. The van der Waals surface area contributed by atoms with Crippen molar-refractivity contribution < 1.29 is 9.32 Å². The fraction of sp³-hybridized carbons (Fsp3) is 0.154. The van der Waals surface area contributed by atoms with E-state index in [1.807, 2.05) is 24.3 Å². The predicted molar refractivity (Wildman–Crippen MR) is 76.4 cm³/mol. The fourth-order valence-electron chi connectivity index (χ4n) is 1.83. The van der Waals surface area contributed by atoms with Gasteiger partial charge in [0.25, 0.3) is 5.91 Å². The third-order valence-electron chi connectivity index (χ3n) is 2.74. The Balaban J connectivity index is 1.75. The number of nitrogens with zero attached hydrogens (tertiary/aromatic N) is 2. The summed E-state index contributed by atoms with van der Waals surface area (Å²) in [5.74, 6) is 0.778. The van der Waals surface area contributed by atoms with E-state index in [1.165, 1.54) is 11.3 Å². The van der Waals surface area contributed by atoms with E-state index in [-0.39, 0.29) is 12.5 Å². The van der Waals surface area contributed by atoms with Crippen molar-refractivity contribution in [3.8, 4) is 0 Å². The molecule has 7 heteroatoms. The van der Waals surface area contributed by atoms with Crippen LogP contribution in [0.15, 0.2) is 28.8 Å². The molecule has 0 saturated heterocycles. The molecule has 1 amide bonds. The van der Waals surface area contributed by atoms with Crippen LogP contribution >= 0.6 is 11.3 Å². The number of hydrogen-bond acceptors (Lipinski definition) is 6. The highest BCUT2D eigenvalue weighted by molar-refractivity contribution is 7.20. The summed E-state index contributed by atoms with van der Waals surface area (Å²) in [6.45, 7) is 1.95. The van der Waals surface area contributed by atoms with Gasteiger partial charge in [-0.2, -0.15) is 4.98 Å². The minimum Gasteiger partial charge on any atom is -0.399 e. The second kappa shape index (κ2) is 4.93. The molecule has 0 aliphatic carbocycles. The maximum Gasteiger partial charge on any atom is 0.261 e. The zero-order valence-electron chi connectivity index (χ0n) is 10.7. The molecule has 20 heavy (non-hydrogen) atoms. The van der Waals surface area contributed by atoms with E-state index in [2.05, 4.69) is 15.5 Å². The van der Waals surface area contributed by atoms with E-state index in [0.717, 1.165) is 10.1 Å². The second-order valence-corrected chi connectivity index (χ2v) is 5.40. The Morgan fingerprint density at radius 3 is 3.05 bits per heavy atom. The predicted octanol–water partition coefficient (Wildman–Crippen LogP) is 2.10. The molecule has 0 atom stereocenters. The molecule has 3 rings (SSSR count). The molecule has 102 valence electrons. The number of anilines is 1. The number of nitrogen functional groups attached to an aromatic ring is 1. The van der Waals surface area contributed by atoms with Crippen LogP contribution in [-0.2, 0) is 6.54 Å². The van der Waals surface area contributed by atoms with Gasteiger partial charge in [-0.25, -0.2) is 0 Å². The summed E-state index contributed by atoms with van der Waals surface area (Å²) in [7, 11) is 0. The van der Waals surface area contributed by atoms with Gasteiger partial charge in [0.05, 0.1) is 11.4 Å². The molecule has 0 fully saturated rings. The number of rotatable bonds is 3. The summed E-state index contributed by atoms with van der Waals surface area (Å²) < 4.78 is 5.87. The quantitative estimate of drug-likeness (QED) is 0.720. The Labute approximate surface area is 118 Å². The summed E-state index contributed by atoms with van der Waals surface area (Å²) in [5.41, 5.74) is 6.41. The maximum absolute atomic E-state index is 12.1. The van der Waals surface area contributed by atoms with Crippen molar-refractivity contribution in [3.63, 3.8) is 0 Å². The molecule has 6 nitrogen and oxygen atoms in total. The number of carbonyl (C=O) groups is 1. The molecule has 0 saturated carbocycles. The third kappa shape index (κ3) is 2.48. The number of nitrogens with one attached hydrogen (secondary N) is 1. The summed E-state index contributed by atoms with van der Waals surface area (Å²) in [5, 5.41) is 7.45. The molecule has 0 bridgehead atoms. The highest BCUT2D eigenvalue weighted by Gasteiger charge is 2.11. The Hall–Kier alpha value is -2.41. The van der Waals surface area contributed by atoms with E-state index in [0.29, 0.717) is 22.3 Å². The molecule has 0 aliphatic heterocycles. The van der Waals surface area contributed by atoms with Crippen molar-refractivity contribution >= 4 is 33.0 Å². The number of carbonyl (C=O) groups excluding carboxylic acids is 1. The topological polar surface area (TPSA) is 94.0 Å². The number of amides is 1. The molecule has 3 aromatic rings. The van der Waals surface area contributed by atoms with Crippen molar-refractivity contribution in [1.29, 1.82) is 0 Å². The monoisotopic (exact) mass is 288 g/mol. The van der Waals surface area contributed by atoms with Crippen LogP contribution in [-0.4, -0.2) is 16.0 Å². The third-order valence-corrected chi connectivity index (χ3v) is 3.86. The maximum atomic E-state index is 12.1. The van der Waals surface area contributed by atoms with Crippen LogP contribution < -0.4 is 11.1 Å².